The molecular formula is C16H20FN3O2S. The van der Waals surface area contributed by atoms with E-state index >= 15 is 0 Å². The van der Waals surface area contributed by atoms with Gasteiger partial charge in [-0.05, 0) is 32.8 Å². The molecule has 1 aromatic heterocycles. The molecule has 1 aliphatic carbocycles. The summed E-state index contributed by atoms with van der Waals surface area (Å²) in [4.78, 5) is 0.162. The lowest BCUT2D eigenvalue weighted by Crippen LogP contribution is -2.35. The number of rotatable bonds is 6. The maximum Gasteiger partial charge on any atom is 0.247 e. The van der Waals surface area contributed by atoms with Gasteiger partial charge >= 0.3 is 0 Å². The monoisotopic (exact) mass is 337 g/mol. The minimum Gasteiger partial charge on any atom is -0.272 e. The van der Waals surface area contributed by atoms with Gasteiger partial charge in [0.2, 0.25) is 10.0 Å². The van der Waals surface area contributed by atoms with Crippen LogP contribution in [0.4, 0.5) is 4.39 Å². The van der Waals surface area contributed by atoms with E-state index in [1.54, 1.807) is 29.8 Å². The van der Waals surface area contributed by atoms with Crippen LogP contribution in [0.15, 0.2) is 41.6 Å². The highest BCUT2D eigenvalue weighted by Gasteiger charge is 2.42. The van der Waals surface area contributed by atoms with Crippen LogP contribution in [0.3, 0.4) is 0 Å². The first-order chi connectivity index (χ1) is 10.9. The van der Waals surface area contributed by atoms with Gasteiger partial charge in [-0.2, -0.15) is 9.40 Å². The molecule has 1 aromatic carbocycles. The van der Waals surface area contributed by atoms with Crippen molar-refractivity contribution < 1.29 is 12.8 Å². The van der Waals surface area contributed by atoms with Crippen LogP contribution in [0.25, 0.3) is 0 Å². The Labute approximate surface area is 135 Å². The topological polar surface area (TPSA) is 55.2 Å². The zero-order valence-corrected chi connectivity index (χ0v) is 14.0. The summed E-state index contributed by atoms with van der Waals surface area (Å²) in [6.45, 7) is 4.23. The van der Waals surface area contributed by atoms with Gasteiger partial charge in [0.05, 0.1) is 12.2 Å². The Morgan fingerprint density at radius 2 is 2.09 bits per heavy atom. The fourth-order valence-corrected chi connectivity index (χ4v) is 4.58. The third-order valence-corrected chi connectivity index (χ3v) is 6.13. The Morgan fingerprint density at radius 1 is 1.39 bits per heavy atom. The lowest BCUT2D eigenvalue weighted by Gasteiger charge is -2.28. The Balaban J connectivity index is 2.00. The molecule has 23 heavy (non-hydrogen) atoms. The van der Waals surface area contributed by atoms with Crippen LogP contribution in [0.2, 0.25) is 0 Å². The van der Waals surface area contributed by atoms with Crippen molar-refractivity contribution in [3.63, 3.8) is 0 Å². The van der Waals surface area contributed by atoms with E-state index in [2.05, 4.69) is 5.10 Å². The molecular weight excluding hydrogens is 317 g/mol. The molecule has 0 aliphatic heterocycles. The zero-order chi connectivity index (χ0) is 16.6. The summed E-state index contributed by atoms with van der Waals surface area (Å²) in [6, 6.07) is 5.70. The van der Waals surface area contributed by atoms with Gasteiger partial charge < -0.3 is 0 Å². The molecule has 7 heteroatoms. The molecule has 5 nitrogen and oxygen atoms in total. The molecule has 0 amide bonds. The fraction of sp³-hybridized carbons (Fsp3) is 0.438. The average Bonchev–Trinajstić information content (AvgIpc) is 3.21. The first-order valence-electron chi connectivity index (χ1n) is 7.75. The van der Waals surface area contributed by atoms with Crippen LogP contribution in [0, 0.1) is 5.82 Å². The van der Waals surface area contributed by atoms with Gasteiger partial charge in [-0.3, -0.25) is 4.68 Å². The summed E-state index contributed by atoms with van der Waals surface area (Å²) in [7, 11) is -3.71. The largest absolute Gasteiger partial charge is 0.272 e. The van der Waals surface area contributed by atoms with Gasteiger partial charge in [-0.25, -0.2) is 12.8 Å². The molecule has 1 fully saturated rings. The van der Waals surface area contributed by atoms with Crippen molar-refractivity contribution in [3.05, 3.63) is 48.0 Å². The Bertz CT molecular complexity index is 799. The van der Waals surface area contributed by atoms with Crippen molar-refractivity contribution in [2.24, 2.45) is 0 Å². The van der Waals surface area contributed by atoms with E-state index in [1.807, 2.05) is 6.92 Å². The second-order valence-electron chi connectivity index (χ2n) is 5.80. The van der Waals surface area contributed by atoms with Crippen molar-refractivity contribution >= 4 is 10.0 Å². The summed E-state index contributed by atoms with van der Waals surface area (Å²) in [5.74, 6) is -0.384. The van der Waals surface area contributed by atoms with Crippen LogP contribution < -0.4 is 0 Å². The molecule has 0 N–H and O–H groups in total. The summed E-state index contributed by atoms with van der Waals surface area (Å²) < 4.78 is 43.1. The van der Waals surface area contributed by atoms with Gasteiger partial charge in [-0.15, -0.1) is 0 Å². The van der Waals surface area contributed by atoms with Crippen molar-refractivity contribution in [3.8, 4) is 0 Å². The molecule has 1 aliphatic rings. The van der Waals surface area contributed by atoms with E-state index in [0.29, 0.717) is 12.1 Å². The van der Waals surface area contributed by atoms with Gasteiger partial charge in [-0.1, -0.05) is 18.2 Å². The predicted octanol–water partition coefficient (Wildman–Crippen LogP) is 2.96. The molecule has 0 radical (unpaired) electrons. The zero-order valence-electron chi connectivity index (χ0n) is 13.2. The normalized spacial score (nSPS) is 16.7. The van der Waals surface area contributed by atoms with E-state index in [0.717, 1.165) is 12.8 Å². The third kappa shape index (κ3) is 3.03. The maximum atomic E-state index is 14.1. The van der Waals surface area contributed by atoms with Crippen LogP contribution >= 0.6 is 0 Å². The number of sulfonamides is 1. The molecule has 0 saturated heterocycles. The SMILES string of the molecule is CCn1cc(S(=O)(=O)N(C2CC2)[C@@H](C)c2ccccc2F)cn1. The Kier molecular flexibility index (Phi) is 4.25. The van der Waals surface area contributed by atoms with Crippen molar-refractivity contribution in [2.45, 2.75) is 50.2 Å². The number of benzene rings is 1. The molecule has 1 atom stereocenters. The van der Waals surface area contributed by atoms with Gasteiger partial charge in [0, 0.05) is 24.3 Å². The highest BCUT2D eigenvalue weighted by atomic mass is 32.2. The van der Waals surface area contributed by atoms with Gasteiger partial charge in [0.25, 0.3) is 0 Å². The van der Waals surface area contributed by atoms with Crippen molar-refractivity contribution in [1.29, 1.82) is 0 Å². The lowest BCUT2D eigenvalue weighted by atomic mass is 10.1. The smallest absolute Gasteiger partial charge is 0.247 e. The second-order valence-corrected chi connectivity index (χ2v) is 7.64. The summed E-state index contributed by atoms with van der Waals surface area (Å²) in [5.41, 5.74) is 0.394. The molecule has 2 aromatic rings. The van der Waals surface area contributed by atoms with Crippen LogP contribution in [-0.2, 0) is 16.6 Å². The number of nitrogens with zero attached hydrogens (tertiary/aromatic N) is 3. The number of hydrogen-bond acceptors (Lipinski definition) is 3. The summed E-state index contributed by atoms with van der Waals surface area (Å²) >= 11 is 0. The molecule has 1 saturated carbocycles. The fourth-order valence-electron chi connectivity index (χ4n) is 2.77. The van der Waals surface area contributed by atoms with E-state index in [4.69, 9.17) is 0 Å². The number of hydrogen-bond donors (Lipinski definition) is 0. The molecule has 0 bridgehead atoms. The highest BCUT2D eigenvalue weighted by molar-refractivity contribution is 7.89. The van der Waals surface area contributed by atoms with Crippen LogP contribution in [-0.4, -0.2) is 28.5 Å². The summed E-state index contributed by atoms with van der Waals surface area (Å²) in [6.07, 6.45) is 4.50. The van der Waals surface area contributed by atoms with Crippen molar-refractivity contribution in [2.75, 3.05) is 0 Å². The number of aryl methyl sites for hydroxylation is 1. The molecule has 3 rings (SSSR count). The molecule has 0 spiro atoms. The Hall–Kier alpha value is -1.73. The lowest BCUT2D eigenvalue weighted by molar-refractivity contribution is 0.327. The van der Waals surface area contributed by atoms with Crippen LogP contribution in [0.1, 0.15) is 38.3 Å². The first kappa shape index (κ1) is 16.1. The number of halogens is 1. The van der Waals surface area contributed by atoms with E-state index in [1.165, 1.54) is 22.8 Å². The quantitative estimate of drug-likeness (QED) is 0.814. The van der Waals surface area contributed by atoms with Crippen molar-refractivity contribution in [1.82, 2.24) is 14.1 Å². The summed E-state index contributed by atoms with van der Waals surface area (Å²) in [5, 5.41) is 4.05. The van der Waals surface area contributed by atoms with E-state index in [-0.39, 0.29) is 16.8 Å². The minimum absolute atomic E-state index is 0.0698. The maximum absolute atomic E-state index is 14.1. The minimum atomic E-state index is -3.71. The molecule has 1 heterocycles. The molecule has 124 valence electrons. The van der Waals surface area contributed by atoms with Crippen LogP contribution in [0.5, 0.6) is 0 Å². The molecule has 0 unspecified atom stereocenters. The van der Waals surface area contributed by atoms with E-state index in [9.17, 15) is 12.8 Å². The second kappa shape index (κ2) is 6.05. The van der Waals surface area contributed by atoms with E-state index < -0.39 is 16.1 Å². The third-order valence-electron chi connectivity index (χ3n) is 4.15. The standard InChI is InChI=1S/C16H20FN3O2S/c1-3-19-11-14(10-18-19)23(21,22)20(13-8-9-13)12(2)15-6-4-5-7-16(15)17/h4-7,10-13H,3,8-9H2,1-2H3/t12-/m0/s1. The average molecular weight is 337 g/mol. The number of aromatic nitrogens is 2. The Morgan fingerprint density at radius 3 is 2.65 bits per heavy atom. The van der Waals surface area contributed by atoms with Gasteiger partial charge in [0.15, 0.2) is 0 Å². The first-order valence-corrected chi connectivity index (χ1v) is 9.19. The predicted molar refractivity (Wildman–Crippen MR) is 84.8 cm³/mol. The van der Waals surface area contributed by atoms with Gasteiger partial charge in [0.1, 0.15) is 10.7 Å². The highest BCUT2D eigenvalue weighted by Crippen LogP contribution is 2.39.